The van der Waals surface area contributed by atoms with E-state index in [1.165, 1.54) is 24.9 Å². The molecule has 0 radical (unpaired) electrons. The molecule has 0 spiro atoms. The minimum Gasteiger partial charge on any atom is -0.465 e. The van der Waals surface area contributed by atoms with Gasteiger partial charge in [-0.3, -0.25) is 4.79 Å². The third-order valence-electron chi connectivity index (χ3n) is 6.94. The van der Waals surface area contributed by atoms with Crippen LogP contribution in [-0.2, 0) is 9.53 Å². The van der Waals surface area contributed by atoms with Gasteiger partial charge in [-0.25, -0.2) is 4.79 Å². The van der Waals surface area contributed by atoms with Gasteiger partial charge in [0, 0.05) is 16.8 Å². The van der Waals surface area contributed by atoms with Gasteiger partial charge in [-0.2, -0.15) is 0 Å². The summed E-state index contributed by atoms with van der Waals surface area (Å²) < 4.78 is 5.14. The van der Waals surface area contributed by atoms with Crippen molar-refractivity contribution >= 4 is 28.9 Å². The van der Waals surface area contributed by atoms with Gasteiger partial charge in [0.1, 0.15) is 4.88 Å². The monoisotopic (exact) mass is 439 g/mol. The van der Waals surface area contributed by atoms with Crippen molar-refractivity contribution in [1.29, 1.82) is 0 Å². The summed E-state index contributed by atoms with van der Waals surface area (Å²) >= 11 is 1.43. The summed E-state index contributed by atoms with van der Waals surface area (Å²) in [6.07, 6.45) is 9.63. The topological polar surface area (TPSA) is 46.6 Å². The van der Waals surface area contributed by atoms with Crippen LogP contribution < -0.4 is 4.90 Å². The highest BCUT2D eigenvalue weighted by Gasteiger charge is 2.36. The maximum Gasteiger partial charge on any atom is 0.350 e. The van der Waals surface area contributed by atoms with E-state index in [9.17, 15) is 9.59 Å². The third kappa shape index (κ3) is 4.87. The highest BCUT2D eigenvalue weighted by molar-refractivity contribution is 7.18. The summed E-state index contributed by atoms with van der Waals surface area (Å²) in [5.41, 5.74) is 1.82. The van der Waals surface area contributed by atoms with Crippen LogP contribution in [0.5, 0.6) is 0 Å². The van der Waals surface area contributed by atoms with Gasteiger partial charge in [0.15, 0.2) is 0 Å². The molecule has 31 heavy (non-hydrogen) atoms. The number of hydrogen-bond acceptors (Lipinski definition) is 4. The molecule has 0 atom stereocenters. The number of carbonyl (C=O) groups is 2. The van der Waals surface area contributed by atoms with E-state index in [1.54, 1.807) is 0 Å². The van der Waals surface area contributed by atoms with E-state index in [2.05, 4.69) is 6.92 Å². The lowest BCUT2D eigenvalue weighted by atomic mass is 9.81. The highest BCUT2D eigenvalue weighted by atomic mass is 32.1. The molecule has 4 nitrogen and oxygen atoms in total. The lowest BCUT2D eigenvalue weighted by molar-refractivity contribution is -0.124. The molecule has 2 fully saturated rings. The van der Waals surface area contributed by atoms with Crippen molar-refractivity contribution in [2.45, 2.75) is 70.8 Å². The van der Waals surface area contributed by atoms with Crippen molar-refractivity contribution in [3.63, 3.8) is 0 Å². The zero-order chi connectivity index (χ0) is 21.8. The molecule has 1 aromatic heterocycles. The Morgan fingerprint density at radius 2 is 1.65 bits per heavy atom. The Morgan fingerprint density at radius 3 is 2.29 bits per heavy atom. The highest BCUT2D eigenvalue weighted by Crippen LogP contribution is 2.41. The summed E-state index contributed by atoms with van der Waals surface area (Å²) in [4.78, 5) is 30.2. The third-order valence-corrected chi connectivity index (χ3v) is 8.10. The second kappa shape index (κ2) is 9.99. The van der Waals surface area contributed by atoms with Gasteiger partial charge in [-0.05, 0) is 56.1 Å². The largest absolute Gasteiger partial charge is 0.465 e. The summed E-state index contributed by atoms with van der Waals surface area (Å²) in [6.45, 7) is 2.28. The van der Waals surface area contributed by atoms with Gasteiger partial charge in [0.05, 0.1) is 12.8 Å². The van der Waals surface area contributed by atoms with Crippen molar-refractivity contribution in [1.82, 2.24) is 0 Å². The van der Waals surface area contributed by atoms with E-state index < -0.39 is 0 Å². The first-order chi connectivity index (χ1) is 15.1. The quantitative estimate of drug-likeness (QED) is 0.487. The van der Waals surface area contributed by atoms with Crippen LogP contribution in [0.1, 0.15) is 74.4 Å². The molecular formula is C26H33NO3S. The Labute approximate surface area is 189 Å². The lowest BCUT2D eigenvalue weighted by Gasteiger charge is -2.38. The Kier molecular flexibility index (Phi) is 7.11. The van der Waals surface area contributed by atoms with Crippen LogP contribution in [0.15, 0.2) is 36.4 Å². The molecule has 4 rings (SSSR count). The number of amides is 1. The first kappa shape index (κ1) is 22.1. The Morgan fingerprint density at radius 1 is 0.968 bits per heavy atom. The van der Waals surface area contributed by atoms with E-state index in [1.807, 2.05) is 41.3 Å². The summed E-state index contributed by atoms with van der Waals surface area (Å²) in [7, 11) is 1.42. The van der Waals surface area contributed by atoms with Crippen LogP contribution in [0.3, 0.4) is 0 Å². The summed E-state index contributed by atoms with van der Waals surface area (Å²) in [5, 5.41) is 0. The van der Waals surface area contributed by atoms with Gasteiger partial charge < -0.3 is 9.64 Å². The molecule has 166 valence electrons. The predicted molar refractivity (Wildman–Crippen MR) is 127 cm³/mol. The van der Waals surface area contributed by atoms with E-state index in [-0.39, 0.29) is 23.8 Å². The van der Waals surface area contributed by atoms with E-state index in [0.717, 1.165) is 67.5 Å². The van der Waals surface area contributed by atoms with Gasteiger partial charge >= 0.3 is 5.97 Å². The molecule has 2 aromatic rings. The fourth-order valence-electron chi connectivity index (χ4n) is 5.08. The fourth-order valence-corrected chi connectivity index (χ4v) is 6.16. The minimum atomic E-state index is -0.354. The number of rotatable bonds is 5. The number of methoxy groups -OCH3 is 1. The van der Waals surface area contributed by atoms with Crippen LogP contribution in [0.25, 0.3) is 10.4 Å². The molecule has 2 aliphatic carbocycles. The number of carbonyl (C=O) groups excluding carboxylic acids is 2. The van der Waals surface area contributed by atoms with Crippen molar-refractivity contribution in [3.05, 3.63) is 41.3 Å². The number of ether oxygens (including phenoxy) is 1. The van der Waals surface area contributed by atoms with E-state index >= 15 is 0 Å². The molecule has 0 saturated heterocycles. The molecule has 0 N–H and O–H groups in total. The first-order valence-corrected chi connectivity index (χ1v) is 12.5. The number of nitrogens with zero attached hydrogens (tertiary/aromatic N) is 1. The zero-order valence-electron chi connectivity index (χ0n) is 18.6. The predicted octanol–water partition coefficient (Wildman–Crippen LogP) is 6.69. The fraction of sp³-hybridized carbons (Fsp3) is 0.538. The van der Waals surface area contributed by atoms with Gasteiger partial charge in [-0.1, -0.05) is 56.5 Å². The molecule has 1 amide bonds. The summed E-state index contributed by atoms with van der Waals surface area (Å²) in [6, 6.07) is 12.3. The summed E-state index contributed by atoms with van der Waals surface area (Å²) in [5.74, 6) is 0.613. The zero-order valence-corrected chi connectivity index (χ0v) is 19.5. The second-order valence-electron chi connectivity index (χ2n) is 9.14. The SMILES string of the molecule is COC(=O)c1sc(-c2ccccc2)cc1N(C(=O)C1CCC(C)CC1)C1CCCCC1. The molecule has 2 aliphatic rings. The Balaban J connectivity index is 1.75. The molecule has 0 bridgehead atoms. The molecular weight excluding hydrogens is 406 g/mol. The minimum absolute atomic E-state index is 0.0590. The van der Waals surface area contributed by atoms with Gasteiger partial charge in [-0.15, -0.1) is 11.3 Å². The van der Waals surface area contributed by atoms with E-state index in [0.29, 0.717) is 10.8 Å². The maximum atomic E-state index is 13.9. The normalized spacial score (nSPS) is 22.1. The lowest BCUT2D eigenvalue weighted by Crippen LogP contribution is -2.46. The molecule has 2 saturated carbocycles. The smallest absolute Gasteiger partial charge is 0.350 e. The second-order valence-corrected chi connectivity index (χ2v) is 10.2. The van der Waals surface area contributed by atoms with Crippen molar-refractivity contribution in [2.24, 2.45) is 11.8 Å². The van der Waals surface area contributed by atoms with Crippen LogP contribution in [0.2, 0.25) is 0 Å². The molecule has 1 aromatic carbocycles. The average Bonchev–Trinajstić information content (AvgIpc) is 3.25. The molecule has 5 heteroatoms. The molecule has 0 unspecified atom stereocenters. The Hall–Kier alpha value is -2.14. The average molecular weight is 440 g/mol. The van der Waals surface area contributed by atoms with Crippen LogP contribution in [0.4, 0.5) is 5.69 Å². The van der Waals surface area contributed by atoms with Crippen molar-refractivity contribution in [3.8, 4) is 10.4 Å². The maximum absolute atomic E-state index is 13.9. The van der Waals surface area contributed by atoms with Crippen molar-refractivity contribution in [2.75, 3.05) is 12.0 Å². The van der Waals surface area contributed by atoms with E-state index in [4.69, 9.17) is 4.74 Å². The van der Waals surface area contributed by atoms with Crippen LogP contribution >= 0.6 is 11.3 Å². The van der Waals surface area contributed by atoms with Gasteiger partial charge in [0.2, 0.25) is 5.91 Å². The number of anilines is 1. The first-order valence-electron chi connectivity index (χ1n) is 11.7. The molecule has 1 heterocycles. The standard InChI is InChI=1S/C26H33NO3S/c1-18-13-15-20(16-14-18)25(28)27(21-11-7-4-8-12-21)22-17-23(19-9-5-3-6-10-19)31-24(22)26(29)30-2/h3,5-6,9-10,17-18,20-21H,4,7-8,11-16H2,1-2H3. The Bertz CT molecular complexity index is 893. The molecule has 0 aliphatic heterocycles. The van der Waals surface area contributed by atoms with Crippen LogP contribution in [-0.4, -0.2) is 25.0 Å². The number of esters is 1. The van der Waals surface area contributed by atoms with Gasteiger partial charge in [0.25, 0.3) is 0 Å². The number of thiophene rings is 1. The van der Waals surface area contributed by atoms with Crippen molar-refractivity contribution < 1.29 is 14.3 Å². The number of hydrogen-bond donors (Lipinski definition) is 0. The number of benzene rings is 1. The van der Waals surface area contributed by atoms with Crippen LogP contribution in [0, 0.1) is 11.8 Å².